The standard InChI is InChI=1S/C15H25.C5H5.Fe/c1-2-3-4-5-6-7-8-9-12-15-13-10-11-14-15;1-2-4-5-3-1;/h10-11,13-14H,2-9,12H2,1H3;1-5H;/q-1;-5;. The van der Waals surface area contributed by atoms with Gasteiger partial charge in [0, 0.05) is 17.1 Å². The fourth-order valence-corrected chi connectivity index (χ4v) is 2.36. The molecule has 0 atom stereocenters. The van der Waals surface area contributed by atoms with Crippen molar-refractivity contribution in [3.8, 4) is 0 Å². The third-order valence-corrected chi connectivity index (χ3v) is 3.61. The topological polar surface area (TPSA) is 0 Å². The summed E-state index contributed by atoms with van der Waals surface area (Å²) in [4.78, 5) is 0. The minimum Gasteiger partial charge on any atom is -0.748 e. The van der Waals surface area contributed by atoms with E-state index >= 15 is 0 Å². The maximum Gasteiger partial charge on any atom is 0 e. The van der Waals surface area contributed by atoms with Crippen LogP contribution in [0.5, 0.6) is 0 Å². The van der Waals surface area contributed by atoms with Crippen molar-refractivity contribution in [3.05, 3.63) is 60.2 Å². The first kappa shape index (κ1) is 20.2. The maximum atomic E-state index is 2.28. The van der Waals surface area contributed by atoms with E-state index in [1.165, 1.54) is 63.4 Å². The van der Waals surface area contributed by atoms with Crippen LogP contribution in [-0.2, 0) is 23.5 Å². The van der Waals surface area contributed by atoms with Crippen LogP contribution in [0.1, 0.15) is 63.9 Å². The van der Waals surface area contributed by atoms with Crippen LogP contribution >= 0.6 is 0 Å². The van der Waals surface area contributed by atoms with Gasteiger partial charge in [0.25, 0.3) is 0 Å². The third kappa shape index (κ3) is 12.7. The Hall–Kier alpha value is -0.781. The number of rotatable bonds is 9. The van der Waals surface area contributed by atoms with Crippen LogP contribution in [0.2, 0.25) is 0 Å². The smallest absolute Gasteiger partial charge is 0 e. The first-order valence-corrected chi connectivity index (χ1v) is 8.30. The summed E-state index contributed by atoms with van der Waals surface area (Å²) in [6, 6.07) is 18.8. The molecule has 0 radical (unpaired) electrons. The van der Waals surface area contributed by atoms with Crippen molar-refractivity contribution in [2.24, 2.45) is 0 Å². The Morgan fingerprint density at radius 3 is 1.57 bits per heavy atom. The van der Waals surface area contributed by atoms with E-state index in [1.54, 1.807) is 0 Å². The van der Waals surface area contributed by atoms with Crippen molar-refractivity contribution in [1.82, 2.24) is 0 Å². The van der Waals surface area contributed by atoms with Crippen molar-refractivity contribution >= 4 is 0 Å². The molecule has 0 amide bonds. The number of hydrogen-bond donors (Lipinski definition) is 0. The summed E-state index contributed by atoms with van der Waals surface area (Å²) in [7, 11) is 0. The van der Waals surface area contributed by atoms with Gasteiger partial charge in [-0.15, -0.1) is 0 Å². The van der Waals surface area contributed by atoms with Gasteiger partial charge in [0.2, 0.25) is 0 Å². The minimum atomic E-state index is 0. The van der Waals surface area contributed by atoms with Crippen LogP contribution in [0.4, 0.5) is 0 Å². The Kier molecular flexibility index (Phi) is 15.0. The van der Waals surface area contributed by atoms with Gasteiger partial charge in [0.15, 0.2) is 0 Å². The van der Waals surface area contributed by atoms with Crippen LogP contribution in [0.25, 0.3) is 0 Å². The predicted octanol–water partition coefficient (Wildman–Crippen LogP) is 6.49. The van der Waals surface area contributed by atoms with Crippen LogP contribution in [0.3, 0.4) is 0 Å². The molecule has 2 aromatic carbocycles. The van der Waals surface area contributed by atoms with Crippen LogP contribution in [-0.4, -0.2) is 0 Å². The normalized spacial score (nSPS) is 9.57. The molecule has 0 fully saturated rings. The summed E-state index contributed by atoms with van der Waals surface area (Å²) >= 11 is 0. The Balaban J connectivity index is 0.000000562. The molecule has 0 bridgehead atoms. The Morgan fingerprint density at radius 2 is 1.10 bits per heavy atom. The Bertz CT molecular complexity index is 341. The molecular formula is C20H30Fe-6. The van der Waals surface area contributed by atoms with E-state index in [4.69, 9.17) is 0 Å². The molecule has 0 aromatic heterocycles. The second kappa shape index (κ2) is 15.6. The predicted molar refractivity (Wildman–Crippen MR) is 90.4 cm³/mol. The minimum absolute atomic E-state index is 0. The molecule has 0 N–H and O–H groups in total. The van der Waals surface area contributed by atoms with Crippen LogP contribution < -0.4 is 0 Å². The number of aryl methyl sites for hydroxylation is 1. The quantitative estimate of drug-likeness (QED) is 0.280. The largest absolute Gasteiger partial charge is 0.748 e. The van der Waals surface area contributed by atoms with Gasteiger partial charge in [-0.3, -0.25) is 0 Å². The Labute approximate surface area is 142 Å². The van der Waals surface area contributed by atoms with Crippen molar-refractivity contribution in [3.63, 3.8) is 0 Å². The van der Waals surface area contributed by atoms with Gasteiger partial charge in [-0.25, -0.2) is 12.1 Å². The molecule has 124 valence electrons. The second-order valence-electron chi connectivity index (χ2n) is 5.48. The molecule has 2 rings (SSSR count). The molecule has 0 nitrogen and oxygen atoms in total. The van der Waals surface area contributed by atoms with Gasteiger partial charge in [-0.05, 0) is 0 Å². The van der Waals surface area contributed by atoms with Gasteiger partial charge in [-0.1, -0.05) is 64.7 Å². The summed E-state index contributed by atoms with van der Waals surface area (Å²) in [5, 5.41) is 0. The summed E-state index contributed by atoms with van der Waals surface area (Å²) in [5.41, 5.74) is 1.51. The second-order valence-corrected chi connectivity index (χ2v) is 5.48. The summed E-state index contributed by atoms with van der Waals surface area (Å²) in [6.07, 6.45) is 12.6. The van der Waals surface area contributed by atoms with E-state index in [1.807, 2.05) is 30.3 Å². The van der Waals surface area contributed by atoms with E-state index in [0.29, 0.717) is 0 Å². The molecule has 0 heterocycles. The summed E-state index contributed by atoms with van der Waals surface area (Å²) in [5.74, 6) is 0. The van der Waals surface area contributed by atoms with Gasteiger partial charge in [0.05, 0.1) is 0 Å². The van der Waals surface area contributed by atoms with Gasteiger partial charge >= 0.3 is 0 Å². The number of hydrogen-bond acceptors (Lipinski definition) is 0. The van der Waals surface area contributed by atoms with Crippen LogP contribution in [0, 0.1) is 0 Å². The average molecular weight is 326 g/mol. The van der Waals surface area contributed by atoms with Crippen molar-refractivity contribution < 1.29 is 17.1 Å². The third-order valence-electron chi connectivity index (χ3n) is 3.61. The van der Waals surface area contributed by atoms with Gasteiger partial charge < -0.3 is 30.3 Å². The van der Waals surface area contributed by atoms with Crippen molar-refractivity contribution in [1.29, 1.82) is 0 Å². The monoisotopic (exact) mass is 326 g/mol. The van der Waals surface area contributed by atoms with Crippen LogP contribution in [0.15, 0.2) is 54.6 Å². The summed E-state index contributed by atoms with van der Waals surface area (Å²) < 4.78 is 0. The molecule has 0 aliphatic carbocycles. The molecule has 2 aromatic rings. The van der Waals surface area contributed by atoms with Crippen molar-refractivity contribution in [2.45, 2.75) is 64.7 Å². The SMILES string of the molecule is CCCCCCCCCC[c-]1cccc1.[Fe].[cH-]1[cH-][cH-][cH-][cH-]1. The summed E-state index contributed by atoms with van der Waals surface area (Å²) in [6.45, 7) is 2.28. The molecular weight excluding hydrogens is 296 g/mol. The van der Waals surface area contributed by atoms with E-state index in [9.17, 15) is 0 Å². The fourth-order valence-electron chi connectivity index (χ4n) is 2.36. The molecule has 0 aliphatic heterocycles. The first-order valence-electron chi connectivity index (χ1n) is 8.30. The Morgan fingerprint density at radius 1 is 0.667 bits per heavy atom. The van der Waals surface area contributed by atoms with Crippen molar-refractivity contribution in [2.75, 3.05) is 0 Å². The molecule has 0 unspecified atom stereocenters. The van der Waals surface area contributed by atoms with Gasteiger partial charge in [-0.2, -0.15) is 17.7 Å². The van der Waals surface area contributed by atoms with E-state index in [0.717, 1.165) is 0 Å². The first-order chi connectivity index (χ1) is 9.93. The molecule has 0 spiro atoms. The zero-order valence-electron chi connectivity index (χ0n) is 13.4. The molecule has 0 saturated carbocycles. The maximum absolute atomic E-state index is 2.28. The fraction of sp³-hybridized carbons (Fsp3) is 0.500. The molecule has 21 heavy (non-hydrogen) atoms. The van der Waals surface area contributed by atoms with E-state index < -0.39 is 0 Å². The average Bonchev–Trinajstić information content (AvgIpc) is 3.17. The molecule has 0 saturated heterocycles. The van der Waals surface area contributed by atoms with Gasteiger partial charge in [0.1, 0.15) is 0 Å². The molecule has 0 aliphatic rings. The molecule has 1 heteroatoms. The number of unbranched alkanes of at least 4 members (excludes halogenated alkanes) is 7. The zero-order chi connectivity index (χ0) is 14.3. The van der Waals surface area contributed by atoms with E-state index in [-0.39, 0.29) is 17.1 Å². The van der Waals surface area contributed by atoms with E-state index in [2.05, 4.69) is 31.2 Å². The zero-order valence-corrected chi connectivity index (χ0v) is 14.5.